The van der Waals surface area contributed by atoms with Gasteiger partial charge in [0.25, 0.3) is 0 Å². The summed E-state index contributed by atoms with van der Waals surface area (Å²) in [6, 6.07) is 8.82. The van der Waals surface area contributed by atoms with Crippen molar-refractivity contribution in [3.05, 3.63) is 35.4 Å². The van der Waals surface area contributed by atoms with E-state index in [1.54, 1.807) is 0 Å². The highest BCUT2D eigenvalue weighted by molar-refractivity contribution is 5.29. The number of hydrogen-bond acceptors (Lipinski definition) is 2. The average Bonchev–Trinajstić information content (AvgIpc) is 3.04. The smallest absolute Gasteiger partial charge is 0.0942 e. The first kappa shape index (κ1) is 10.3. The Morgan fingerprint density at radius 1 is 1.12 bits per heavy atom. The predicted molar refractivity (Wildman–Crippen MR) is 64.4 cm³/mol. The number of aliphatic hydroxyl groups excluding tert-OH is 1. The Hall–Kier alpha value is -0.860. The molecule has 1 aliphatic carbocycles. The van der Waals surface area contributed by atoms with Crippen molar-refractivity contribution in [2.75, 3.05) is 6.54 Å². The highest BCUT2D eigenvalue weighted by atomic mass is 16.3. The molecule has 2 nitrogen and oxygen atoms in total. The van der Waals surface area contributed by atoms with Gasteiger partial charge in [-0.15, -0.1) is 0 Å². The molecule has 1 saturated carbocycles. The van der Waals surface area contributed by atoms with E-state index >= 15 is 0 Å². The van der Waals surface area contributed by atoms with Gasteiger partial charge in [-0.1, -0.05) is 24.3 Å². The summed E-state index contributed by atoms with van der Waals surface area (Å²) in [5, 5.41) is 13.6. The molecule has 0 amide bonds. The van der Waals surface area contributed by atoms with E-state index in [2.05, 4.69) is 29.6 Å². The molecule has 2 fully saturated rings. The summed E-state index contributed by atoms with van der Waals surface area (Å²) in [6.45, 7) is 1.04. The van der Waals surface area contributed by atoms with Crippen molar-refractivity contribution in [1.29, 1.82) is 0 Å². The first-order valence-corrected chi connectivity index (χ1v) is 6.36. The van der Waals surface area contributed by atoms with Crippen LogP contribution in [-0.2, 0) is 0 Å². The van der Waals surface area contributed by atoms with Crippen molar-refractivity contribution < 1.29 is 5.11 Å². The van der Waals surface area contributed by atoms with Crippen molar-refractivity contribution in [2.45, 2.75) is 43.7 Å². The standard InChI is InChI=1S/C14H19NO/c16-14(13-2-1-9-15-13)12-7-5-11(6-8-12)10-3-4-10/h5-8,10,13-16H,1-4,9H2. The molecule has 1 heterocycles. The monoisotopic (exact) mass is 217 g/mol. The Morgan fingerprint density at radius 3 is 2.44 bits per heavy atom. The quantitative estimate of drug-likeness (QED) is 0.814. The normalized spacial score (nSPS) is 26.9. The van der Waals surface area contributed by atoms with Crippen LogP contribution in [0.3, 0.4) is 0 Å². The Kier molecular flexibility index (Phi) is 2.70. The van der Waals surface area contributed by atoms with Gasteiger partial charge in [0, 0.05) is 6.04 Å². The van der Waals surface area contributed by atoms with Crippen LogP contribution in [0, 0.1) is 0 Å². The number of benzene rings is 1. The summed E-state index contributed by atoms with van der Waals surface area (Å²) in [4.78, 5) is 0. The van der Waals surface area contributed by atoms with Gasteiger partial charge in [-0.2, -0.15) is 0 Å². The summed E-state index contributed by atoms with van der Waals surface area (Å²) in [5.74, 6) is 0.802. The van der Waals surface area contributed by atoms with Crippen LogP contribution in [0.2, 0.25) is 0 Å². The minimum absolute atomic E-state index is 0.256. The van der Waals surface area contributed by atoms with Gasteiger partial charge >= 0.3 is 0 Å². The van der Waals surface area contributed by atoms with Crippen LogP contribution in [-0.4, -0.2) is 17.7 Å². The van der Waals surface area contributed by atoms with Crippen LogP contribution < -0.4 is 5.32 Å². The molecule has 0 bridgehead atoms. The fraction of sp³-hybridized carbons (Fsp3) is 0.571. The Morgan fingerprint density at radius 2 is 1.88 bits per heavy atom. The van der Waals surface area contributed by atoms with Crippen molar-refractivity contribution >= 4 is 0 Å². The third kappa shape index (κ3) is 2.00. The van der Waals surface area contributed by atoms with Gasteiger partial charge in [-0.3, -0.25) is 0 Å². The van der Waals surface area contributed by atoms with Crippen molar-refractivity contribution in [3.8, 4) is 0 Å². The summed E-state index contributed by atoms with van der Waals surface area (Å²) in [7, 11) is 0. The molecule has 0 spiro atoms. The maximum Gasteiger partial charge on any atom is 0.0942 e. The Labute approximate surface area is 96.7 Å². The molecule has 2 aliphatic rings. The van der Waals surface area contributed by atoms with Gasteiger partial charge in [-0.05, 0) is 49.3 Å². The molecule has 2 atom stereocenters. The van der Waals surface area contributed by atoms with E-state index in [0.717, 1.165) is 24.4 Å². The minimum Gasteiger partial charge on any atom is -0.387 e. The fourth-order valence-electron chi connectivity index (χ4n) is 2.60. The van der Waals surface area contributed by atoms with Gasteiger partial charge in [0.15, 0.2) is 0 Å². The molecule has 3 rings (SSSR count). The molecule has 0 radical (unpaired) electrons. The fourth-order valence-corrected chi connectivity index (χ4v) is 2.60. The predicted octanol–water partition coefficient (Wildman–Crippen LogP) is 2.35. The van der Waals surface area contributed by atoms with Crippen LogP contribution in [0.1, 0.15) is 48.8 Å². The maximum absolute atomic E-state index is 10.2. The van der Waals surface area contributed by atoms with E-state index in [1.807, 2.05) is 0 Å². The molecule has 1 aromatic carbocycles. The van der Waals surface area contributed by atoms with E-state index in [-0.39, 0.29) is 12.1 Å². The van der Waals surface area contributed by atoms with E-state index in [1.165, 1.54) is 24.8 Å². The minimum atomic E-state index is -0.337. The van der Waals surface area contributed by atoms with Crippen LogP contribution in [0.15, 0.2) is 24.3 Å². The van der Waals surface area contributed by atoms with Gasteiger partial charge in [0.1, 0.15) is 0 Å². The van der Waals surface area contributed by atoms with Crippen LogP contribution >= 0.6 is 0 Å². The van der Waals surface area contributed by atoms with Crippen LogP contribution in [0.5, 0.6) is 0 Å². The average molecular weight is 217 g/mol. The zero-order valence-electron chi connectivity index (χ0n) is 9.52. The second-order valence-corrected chi connectivity index (χ2v) is 5.09. The van der Waals surface area contributed by atoms with Crippen LogP contribution in [0.25, 0.3) is 0 Å². The van der Waals surface area contributed by atoms with Crippen LogP contribution in [0.4, 0.5) is 0 Å². The lowest BCUT2D eigenvalue weighted by Gasteiger charge is -2.18. The molecular formula is C14H19NO. The number of hydrogen-bond donors (Lipinski definition) is 2. The zero-order valence-corrected chi connectivity index (χ0v) is 9.52. The van der Waals surface area contributed by atoms with Gasteiger partial charge in [0.05, 0.1) is 6.10 Å². The summed E-state index contributed by atoms with van der Waals surface area (Å²) in [6.07, 6.45) is 4.61. The molecule has 2 unspecified atom stereocenters. The lowest BCUT2D eigenvalue weighted by atomic mass is 9.99. The third-order valence-electron chi connectivity index (χ3n) is 3.81. The Balaban J connectivity index is 1.72. The van der Waals surface area contributed by atoms with Crippen molar-refractivity contribution in [1.82, 2.24) is 5.32 Å². The van der Waals surface area contributed by atoms with Gasteiger partial charge in [0.2, 0.25) is 0 Å². The molecular weight excluding hydrogens is 198 g/mol. The molecule has 86 valence electrons. The Bertz CT molecular complexity index is 350. The largest absolute Gasteiger partial charge is 0.387 e. The lowest BCUT2D eigenvalue weighted by molar-refractivity contribution is 0.137. The lowest BCUT2D eigenvalue weighted by Crippen LogP contribution is -2.28. The molecule has 1 aromatic rings. The highest BCUT2D eigenvalue weighted by Crippen LogP contribution is 2.40. The SMILES string of the molecule is OC(c1ccc(C2CC2)cc1)C1CCCN1. The number of rotatable bonds is 3. The van der Waals surface area contributed by atoms with Gasteiger partial charge in [-0.25, -0.2) is 0 Å². The zero-order chi connectivity index (χ0) is 11.0. The third-order valence-corrected chi connectivity index (χ3v) is 3.81. The molecule has 2 heteroatoms. The molecule has 16 heavy (non-hydrogen) atoms. The van der Waals surface area contributed by atoms with E-state index in [9.17, 15) is 5.11 Å². The topological polar surface area (TPSA) is 32.3 Å². The first-order valence-electron chi connectivity index (χ1n) is 6.36. The van der Waals surface area contributed by atoms with E-state index in [0.29, 0.717) is 0 Å². The first-order chi connectivity index (χ1) is 7.84. The molecule has 0 aromatic heterocycles. The molecule has 1 aliphatic heterocycles. The number of nitrogens with one attached hydrogen (secondary N) is 1. The molecule has 1 saturated heterocycles. The van der Waals surface area contributed by atoms with Crippen molar-refractivity contribution in [2.24, 2.45) is 0 Å². The second-order valence-electron chi connectivity index (χ2n) is 5.09. The molecule has 2 N–H and O–H groups in total. The maximum atomic E-state index is 10.2. The summed E-state index contributed by atoms with van der Waals surface area (Å²) < 4.78 is 0. The van der Waals surface area contributed by atoms with Crippen molar-refractivity contribution in [3.63, 3.8) is 0 Å². The summed E-state index contributed by atoms with van der Waals surface area (Å²) in [5.41, 5.74) is 2.50. The second kappa shape index (κ2) is 4.19. The highest BCUT2D eigenvalue weighted by Gasteiger charge is 2.26. The summed E-state index contributed by atoms with van der Waals surface area (Å²) >= 11 is 0. The van der Waals surface area contributed by atoms with E-state index < -0.39 is 0 Å². The number of aliphatic hydroxyl groups is 1. The van der Waals surface area contributed by atoms with E-state index in [4.69, 9.17) is 0 Å². The van der Waals surface area contributed by atoms with Gasteiger partial charge < -0.3 is 10.4 Å².